The van der Waals surface area contributed by atoms with Crippen LogP contribution in [0.1, 0.15) is 43.0 Å². The molecule has 0 aliphatic heterocycles. The van der Waals surface area contributed by atoms with E-state index >= 15 is 0 Å². The van der Waals surface area contributed by atoms with Gasteiger partial charge in [-0.3, -0.25) is 0 Å². The van der Waals surface area contributed by atoms with Crippen LogP contribution in [0.4, 0.5) is 0 Å². The number of nitrogens with one attached hydrogen (secondary N) is 1. The van der Waals surface area contributed by atoms with Gasteiger partial charge in [0.1, 0.15) is 5.82 Å². The topological polar surface area (TPSA) is 54.7 Å². The fourth-order valence-electron chi connectivity index (χ4n) is 2.79. The second-order valence-corrected chi connectivity index (χ2v) is 4.99. The number of hydrogen-bond acceptors (Lipinski definition) is 2. The third kappa shape index (κ3) is 2.07. The lowest BCUT2D eigenvalue weighted by atomic mass is 10.1. The van der Waals surface area contributed by atoms with Crippen molar-refractivity contribution in [3.63, 3.8) is 0 Å². The number of rotatable bonds is 3. The van der Waals surface area contributed by atoms with Crippen LogP contribution in [0.15, 0.2) is 18.2 Å². The molecule has 1 heterocycles. The highest BCUT2D eigenvalue weighted by molar-refractivity contribution is 5.76. The maximum atomic E-state index is 5.58. The van der Waals surface area contributed by atoms with Crippen LogP contribution in [0.5, 0.6) is 0 Å². The summed E-state index contributed by atoms with van der Waals surface area (Å²) >= 11 is 0. The number of aromatic nitrogens is 2. The fourth-order valence-corrected chi connectivity index (χ4v) is 2.79. The van der Waals surface area contributed by atoms with Crippen molar-refractivity contribution in [2.24, 2.45) is 5.73 Å². The molecule has 0 amide bonds. The number of imidazole rings is 1. The number of hydrogen-bond donors (Lipinski definition) is 2. The summed E-state index contributed by atoms with van der Waals surface area (Å²) in [5, 5.41) is 0. The third-order valence-corrected chi connectivity index (χ3v) is 3.74. The zero-order chi connectivity index (χ0) is 11.7. The van der Waals surface area contributed by atoms with Crippen molar-refractivity contribution in [3.8, 4) is 0 Å². The predicted molar refractivity (Wildman–Crippen MR) is 70.1 cm³/mol. The number of H-pyrrole nitrogens is 1. The van der Waals surface area contributed by atoms with Crippen LogP contribution in [0.3, 0.4) is 0 Å². The Labute approximate surface area is 101 Å². The molecule has 3 N–H and O–H groups in total. The molecule has 1 fully saturated rings. The molecular weight excluding hydrogens is 210 g/mol. The van der Waals surface area contributed by atoms with E-state index in [4.69, 9.17) is 10.7 Å². The molecule has 1 aromatic heterocycles. The first-order chi connectivity index (χ1) is 8.36. The first-order valence-corrected chi connectivity index (χ1v) is 6.55. The molecule has 90 valence electrons. The monoisotopic (exact) mass is 229 g/mol. The van der Waals surface area contributed by atoms with Crippen LogP contribution in [-0.4, -0.2) is 16.5 Å². The Balaban J connectivity index is 1.94. The second-order valence-electron chi connectivity index (χ2n) is 4.99. The van der Waals surface area contributed by atoms with Gasteiger partial charge in [-0.25, -0.2) is 4.98 Å². The van der Waals surface area contributed by atoms with Crippen LogP contribution in [0, 0.1) is 0 Å². The van der Waals surface area contributed by atoms with E-state index in [2.05, 4.69) is 23.2 Å². The van der Waals surface area contributed by atoms with Crippen LogP contribution < -0.4 is 5.73 Å². The van der Waals surface area contributed by atoms with Crippen molar-refractivity contribution in [3.05, 3.63) is 29.6 Å². The Morgan fingerprint density at radius 3 is 2.88 bits per heavy atom. The first kappa shape index (κ1) is 10.8. The molecule has 0 atom stereocenters. The molecular formula is C14H19N3. The Bertz CT molecular complexity index is 509. The van der Waals surface area contributed by atoms with Gasteiger partial charge in [-0.2, -0.15) is 0 Å². The number of nitrogens with zero attached hydrogens (tertiary/aromatic N) is 1. The summed E-state index contributed by atoms with van der Waals surface area (Å²) < 4.78 is 0. The van der Waals surface area contributed by atoms with Gasteiger partial charge >= 0.3 is 0 Å². The smallest absolute Gasteiger partial charge is 0.110 e. The molecule has 1 aliphatic rings. The van der Waals surface area contributed by atoms with Gasteiger partial charge in [0.2, 0.25) is 0 Å². The van der Waals surface area contributed by atoms with Crippen LogP contribution in [0.25, 0.3) is 11.0 Å². The lowest BCUT2D eigenvalue weighted by Crippen LogP contribution is -2.02. The van der Waals surface area contributed by atoms with Crippen LogP contribution in [-0.2, 0) is 6.42 Å². The second kappa shape index (κ2) is 4.49. The summed E-state index contributed by atoms with van der Waals surface area (Å²) in [7, 11) is 0. The van der Waals surface area contributed by atoms with E-state index in [0.717, 1.165) is 17.5 Å². The molecule has 0 radical (unpaired) electrons. The summed E-state index contributed by atoms with van der Waals surface area (Å²) in [6.45, 7) is 0.703. The Morgan fingerprint density at radius 1 is 1.29 bits per heavy atom. The van der Waals surface area contributed by atoms with Gasteiger partial charge in [-0.15, -0.1) is 0 Å². The Morgan fingerprint density at radius 2 is 2.12 bits per heavy atom. The van der Waals surface area contributed by atoms with Crippen molar-refractivity contribution < 1.29 is 0 Å². The Kier molecular flexibility index (Phi) is 2.85. The molecule has 17 heavy (non-hydrogen) atoms. The average molecular weight is 229 g/mol. The highest BCUT2D eigenvalue weighted by atomic mass is 14.9. The molecule has 0 spiro atoms. The van der Waals surface area contributed by atoms with Gasteiger partial charge in [0.25, 0.3) is 0 Å². The number of fused-ring (bicyclic) bond motifs is 1. The molecule has 0 bridgehead atoms. The Hall–Kier alpha value is -1.35. The minimum Gasteiger partial charge on any atom is -0.342 e. The van der Waals surface area contributed by atoms with E-state index in [9.17, 15) is 0 Å². The van der Waals surface area contributed by atoms with Crippen molar-refractivity contribution in [2.45, 2.75) is 38.0 Å². The van der Waals surface area contributed by atoms with Crippen LogP contribution in [0.2, 0.25) is 0 Å². The zero-order valence-corrected chi connectivity index (χ0v) is 10.1. The van der Waals surface area contributed by atoms with E-state index in [1.807, 2.05) is 0 Å². The summed E-state index contributed by atoms with van der Waals surface area (Å²) in [4.78, 5) is 8.19. The van der Waals surface area contributed by atoms with Crippen molar-refractivity contribution >= 4 is 11.0 Å². The first-order valence-electron chi connectivity index (χ1n) is 6.55. The zero-order valence-electron chi connectivity index (χ0n) is 10.1. The molecule has 3 heteroatoms. The standard InChI is InChI=1S/C14H19N3/c15-8-7-10-5-6-12-13(9-10)17-14(16-12)11-3-1-2-4-11/h5-6,9,11H,1-4,7-8,15H2,(H,16,17). The summed E-state index contributed by atoms with van der Waals surface area (Å²) in [6, 6.07) is 6.43. The van der Waals surface area contributed by atoms with Crippen molar-refractivity contribution in [1.29, 1.82) is 0 Å². The van der Waals surface area contributed by atoms with E-state index in [0.29, 0.717) is 12.5 Å². The lowest BCUT2D eigenvalue weighted by molar-refractivity contribution is 0.681. The molecule has 3 nitrogen and oxygen atoms in total. The summed E-state index contributed by atoms with van der Waals surface area (Å²) in [5.41, 5.74) is 9.13. The minimum atomic E-state index is 0.653. The predicted octanol–water partition coefficient (Wildman–Crippen LogP) is 2.72. The molecule has 2 aromatic rings. The van der Waals surface area contributed by atoms with E-state index in [1.165, 1.54) is 37.1 Å². The van der Waals surface area contributed by atoms with Gasteiger partial charge in [-0.05, 0) is 43.5 Å². The molecule has 3 rings (SSSR count). The van der Waals surface area contributed by atoms with Gasteiger partial charge < -0.3 is 10.7 Å². The number of aromatic amines is 1. The molecule has 1 aromatic carbocycles. The number of benzene rings is 1. The molecule has 1 saturated carbocycles. The van der Waals surface area contributed by atoms with Gasteiger partial charge in [-0.1, -0.05) is 18.9 Å². The van der Waals surface area contributed by atoms with E-state index in [1.54, 1.807) is 0 Å². The maximum absolute atomic E-state index is 5.58. The molecule has 1 aliphatic carbocycles. The SMILES string of the molecule is NCCc1ccc2nc(C3CCCC3)[nH]c2c1. The quantitative estimate of drug-likeness (QED) is 0.850. The maximum Gasteiger partial charge on any atom is 0.110 e. The third-order valence-electron chi connectivity index (χ3n) is 3.74. The van der Waals surface area contributed by atoms with Crippen molar-refractivity contribution in [2.75, 3.05) is 6.54 Å². The van der Waals surface area contributed by atoms with E-state index in [-0.39, 0.29) is 0 Å². The highest BCUT2D eigenvalue weighted by Gasteiger charge is 2.20. The largest absolute Gasteiger partial charge is 0.342 e. The van der Waals surface area contributed by atoms with Crippen LogP contribution >= 0.6 is 0 Å². The van der Waals surface area contributed by atoms with Crippen molar-refractivity contribution in [1.82, 2.24) is 9.97 Å². The van der Waals surface area contributed by atoms with Gasteiger partial charge in [0, 0.05) is 5.92 Å². The molecule has 0 unspecified atom stereocenters. The summed E-state index contributed by atoms with van der Waals surface area (Å²) in [5.74, 6) is 1.84. The summed E-state index contributed by atoms with van der Waals surface area (Å²) in [6.07, 6.45) is 6.21. The van der Waals surface area contributed by atoms with Gasteiger partial charge in [0.15, 0.2) is 0 Å². The fraction of sp³-hybridized carbons (Fsp3) is 0.500. The normalized spacial score (nSPS) is 17.0. The van der Waals surface area contributed by atoms with Gasteiger partial charge in [0.05, 0.1) is 11.0 Å². The minimum absolute atomic E-state index is 0.653. The molecule has 0 saturated heterocycles. The highest BCUT2D eigenvalue weighted by Crippen LogP contribution is 2.33. The van der Waals surface area contributed by atoms with E-state index < -0.39 is 0 Å². The number of nitrogens with two attached hydrogens (primary N) is 1. The average Bonchev–Trinajstić information content (AvgIpc) is 2.97. The lowest BCUT2D eigenvalue weighted by Gasteiger charge is -2.02.